The third-order valence-electron chi connectivity index (χ3n) is 5.42. The maximum atomic E-state index is 12.2. The Morgan fingerprint density at radius 1 is 1.05 bits per heavy atom. The monoisotopic (exact) mass is 278 g/mol. The highest BCUT2D eigenvalue weighted by Gasteiger charge is 2.65. The van der Waals surface area contributed by atoms with Gasteiger partial charge in [-0.05, 0) is 62.0 Å². The molecule has 1 aromatic rings. The van der Waals surface area contributed by atoms with Gasteiger partial charge in [0.1, 0.15) is 0 Å². The van der Waals surface area contributed by atoms with Crippen LogP contribution in [0.15, 0.2) is 29.2 Å². The standard InChI is InChI=1S/C15H18O3S/c1-9-2-4-10(5-3-9)19(16,17)18-14-8-13-11-6-7-12(11)15(13)14/h2-5,11-15H,6-8H2,1H3/t11-,12+,13-,14-,15+/m1/s1. The van der Waals surface area contributed by atoms with Crippen LogP contribution < -0.4 is 0 Å². The average molecular weight is 278 g/mol. The molecule has 1 aromatic carbocycles. The molecule has 3 nitrogen and oxygen atoms in total. The Morgan fingerprint density at radius 2 is 1.74 bits per heavy atom. The van der Waals surface area contributed by atoms with Crippen LogP contribution in [0.2, 0.25) is 0 Å². The molecule has 19 heavy (non-hydrogen) atoms. The second kappa shape index (κ2) is 3.83. The second-order valence-corrected chi connectivity index (χ2v) is 7.86. The summed E-state index contributed by atoms with van der Waals surface area (Å²) in [5.74, 6) is 2.94. The third-order valence-corrected chi connectivity index (χ3v) is 6.77. The normalized spacial score (nSPS) is 39.3. The van der Waals surface area contributed by atoms with Crippen molar-refractivity contribution in [1.82, 2.24) is 0 Å². The first-order valence-corrected chi connectivity index (χ1v) is 8.47. The molecule has 0 unspecified atom stereocenters. The summed E-state index contributed by atoms with van der Waals surface area (Å²) in [6.45, 7) is 1.94. The van der Waals surface area contributed by atoms with E-state index in [2.05, 4.69) is 0 Å². The predicted molar refractivity (Wildman–Crippen MR) is 71.0 cm³/mol. The first kappa shape index (κ1) is 11.9. The lowest BCUT2D eigenvalue weighted by Gasteiger charge is -2.68. The zero-order chi connectivity index (χ0) is 13.2. The molecule has 4 heteroatoms. The molecule has 0 aromatic heterocycles. The van der Waals surface area contributed by atoms with E-state index in [1.165, 1.54) is 12.8 Å². The van der Waals surface area contributed by atoms with Crippen LogP contribution in [0.1, 0.15) is 24.8 Å². The molecule has 0 N–H and O–H groups in total. The lowest BCUT2D eigenvalue weighted by Crippen LogP contribution is -2.66. The number of aryl methyl sites for hydroxylation is 1. The molecule has 0 spiro atoms. The zero-order valence-corrected chi connectivity index (χ0v) is 11.8. The molecule has 0 amide bonds. The average Bonchev–Trinajstić information content (AvgIpc) is 2.33. The Hall–Kier alpha value is -0.870. The quantitative estimate of drug-likeness (QED) is 0.798. The van der Waals surface area contributed by atoms with Crippen molar-refractivity contribution in [3.63, 3.8) is 0 Å². The molecule has 4 rings (SSSR count). The van der Waals surface area contributed by atoms with Crippen LogP contribution in [0.4, 0.5) is 0 Å². The van der Waals surface area contributed by atoms with Gasteiger partial charge in [-0.15, -0.1) is 0 Å². The van der Waals surface area contributed by atoms with Crippen molar-refractivity contribution in [3.8, 4) is 0 Å². The molecular weight excluding hydrogens is 260 g/mol. The van der Waals surface area contributed by atoms with Crippen LogP contribution in [0, 0.1) is 30.6 Å². The minimum Gasteiger partial charge on any atom is -0.263 e. The maximum absolute atomic E-state index is 12.2. The number of hydrogen-bond acceptors (Lipinski definition) is 3. The van der Waals surface area contributed by atoms with E-state index in [0.29, 0.717) is 5.92 Å². The summed E-state index contributed by atoms with van der Waals surface area (Å²) in [6, 6.07) is 6.89. The van der Waals surface area contributed by atoms with Crippen LogP contribution in [-0.2, 0) is 14.3 Å². The van der Waals surface area contributed by atoms with Crippen LogP contribution in [0.5, 0.6) is 0 Å². The zero-order valence-electron chi connectivity index (χ0n) is 11.0. The topological polar surface area (TPSA) is 43.4 Å². The minimum absolute atomic E-state index is 0.0575. The third kappa shape index (κ3) is 1.62. The van der Waals surface area contributed by atoms with E-state index >= 15 is 0 Å². The highest BCUT2D eigenvalue weighted by Crippen LogP contribution is 2.67. The Balaban J connectivity index is 1.49. The minimum atomic E-state index is -3.58. The van der Waals surface area contributed by atoms with Crippen LogP contribution >= 0.6 is 0 Å². The molecule has 3 fully saturated rings. The van der Waals surface area contributed by atoms with Gasteiger partial charge in [0.05, 0.1) is 11.0 Å². The number of benzene rings is 1. The molecule has 0 aliphatic heterocycles. The van der Waals surface area contributed by atoms with Crippen molar-refractivity contribution in [3.05, 3.63) is 29.8 Å². The summed E-state index contributed by atoms with van der Waals surface area (Å²) in [4.78, 5) is 0.283. The van der Waals surface area contributed by atoms with Gasteiger partial charge < -0.3 is 0 Å². The Labute approximate surface area is 114 Å². The van der Waals surface area contributed by atoms with E-state index in [0.717, 1.165) is 29.7 Å². The maximum Gasteiger partial charge on any atom is 0.297 e. The Kier molecular flexibility index (Phi) is 2.40. The van der Waals surface area contributed by atoms with Gasteiger partial charge >= 0.3 is 0 Å². The Morgan fingerprint density at radius 3 is 2.32 bits per heavy atom. The summed E-state index contributed by atoms with van der Waals surface area (Å²) in [6.07, 6.45) is 3.51. The smallest absolute Gasteiger partial charge is 0.263 e. The largest absolute Gasteiger partial charge is 0.297 e. The van der Waals surface area contributed by atoms with Gasteiger partial charge in [-0.25, -0.2) is 0 Å². The van der Waals surface area contributed by atoms with Crippen LogP contribution in [-0.4, -0.2) is 14.5 Å². The van der Waals surface area contributed by atoms with Crippen LogP contribution in [0.3, 0.4) is 0 Å². The molecule has 0 heterocycles. The summed E-state index contributed by atoms with van der Waals surface area (Å²) < 4.78 is 29.9. The van der Waals surface area contributed by atoms with Gasteiger partial charge in [0, 0.05) is 0 Å². The Bertz CT molecular complexity index is 599. The van der Waals surface area contributed by atoms with E-state index in [-0.39, 0.29) is 11.0 Å². The predicted octanol–water partition coefficient (Wildman–Crippen LogP) is 2.74. The van der Waals surface area contributed by atoms with E-state index in [1.807, 2.05) is 19.1 Å². The summed E-state index contributed by atoms with van der Waals surface area (Å²) in [5.41, 5.74) is 1.05. The SMILES string of the molecule is Cc1ccc(S(=O)(=O)O[C@@H]2C[C@@H]3[C@@H]4CC[C@@H]4[C@@H]32)cc1. The van der Waals surface area contributed by atoms with Crippen molar-refractivity contribution in [2.45, 2.75) is 37.2 Å². The van der Waals surface area contributed by atoms with E-state index < -0.39 is 10.1 Å². The van der Waals surface area contributed by atoms with E-state index in [4.69, 9.17) is 4.18 Å². The lowest BCUT2D eigenvalue weighted by atomic mass is 9.38. The molecule has 3 aliphatic carbocycles. The number of hydrogen-bond donors (Lipinski definition) is 0. The molecule has 102 valence electrons. The van der Waals surface area contributed by atoms with Crippen molar-refractivity contribution < 1.29 is 12.6 Å². The second-order valence-electron chi connectivity index (χ2n) is 6.28. The summed E-state index contributed by atoms with van der Waals surface area (Å²) >= 11 is 0. The summed E-state index contributed by atoms with van der Waals surface area (Å²) in [7, 11) is -3.58. The van der Waals surface area contributed by atoms with Crippen molar-refractivity contribution in [2.75, 3.05) is 0 Å². The number of fused-ring (bicyclic) bond motifs is 4. The van der Waals surface area contributed by atoms with Crippen molar-refractivity contribution in [1.29, 1.82) is 0 Å². The number of rotatable bonds is 3. The summed E-state index contributed by atoms with van der Waals surface area (Å²) in [5, 5.41) is 0. The molecule has 3 aliphatic rings. The van der Waals surface area contributed by atoms with Gasteiger partial charge in [-0.1, -0.05) is 17.7 Å². The van der Waals surface area contributed by atoms with Gasteiger partial charge in [-0.2, -0.15) is 8.42 Å². The van der Waals surface area contributed by atoms with Gasteiger partial charge in [0.2, 0.25) is 0 Å². The molecule has 0 bridgehead atoms. The fraction of sp³-hybridized carbons (Fsp3) is 0.600. The van der Waals surface area contributed by atoms with Crippen molar-refractivity contribution >= 4 is 10.1 Å². The molecule has 3 saturated carbocycles. The fourth-order valence-electron chi connectivity index (χ4n) is 4.16. The van der Waals surface area contributed by atoms with E-state index in [9.17, 15) is 8.42 Å². The van der Waals surface area contributed by atoms with Crippen LogP contribution in [0.25, 0.3) is 0 Å². The van der Waals surface area contributed by atoms with Gasteiger partial charge in [0.15, 0.2) is 0 Å². The first-order valence-electron chi connectivity index (χ1n) is 7.06. The van der Waals surface area contributed by atoms with Crippen molar-refractivity contribution in [2.24, 2.45) is 23.7 Å². The molecule has 0 radical (unpaired) electrons. The highest BCUT2D eigenvalue weighted by molar-refractivity contribution is 7.86. The molecule has 0 saturated heterocycles. The van der Waals surface area contributed by atoms with E-state index in [1.54, 1.807) is 12.1 Å². The fourth-order valence-corrected chi connectivity index (χ4v) is 5.27. The lowest BCUT2D eigenvalue weighted by molar-refractivity contribution is -0.222. The van der Waals surface area contributed by atoms with Gasteiger partial charge in [0.25, 0.3) is 10.1 Å². The van der Waals surface area contributed by atoms with Gasteiger partial charge in [-0.3, -0.25) is 4.18 Å². The highest BCUT2D eigenvalue weighted by atomic mass is 32.2. The molecule has 5 atom stereocenters. The first-order chi connectivity index (χ1) is 9.06. The molecular formula is C15H18O3S.